The van der Waals surface area contributed by atoms with Crippen LogP contribution in [0.3, 0.4) is 0 Å². The first kappa shape index (κ1) is 16.5. The minimum Gasteiger partial charge on any atom is -0.516 e. The minimum atomic E-state index is -0.325. The number of rotatable bonds is 8. The summed E-state index contributed by atoms with van der Waals surface area (Å²) in [7, 11) is 0. The van der Waals surface area contributed by atoms with Gasteiger partial charge in [0.25, 0.3) is 0 Å². The fourth-order valence-corrected chi connectivity index (χ4v) is 1.58. The van der Waals surface area contributed by atoms with Crippen LogP contribution in [0.5, 0.6) is 5.75 Å². The Labute approximate surface area is 116 Å². The second kappa shape index (κ2) is 10.7. The Morgan fingerprint density at radius 1 is 1.18 bits per heavy atom. The fourth-order valence-electron chi connectivity index (χ4n) is 1.58. The van der Waals surface area contributed by atoms with Gasteiger partial charge >= 0.3 is 18.9 Å². The van der Waals surface area contributed by atoms with Gasteiger partial charge in [-0.3, -0.25) is 4.39 Å². The molecule has 0 aliphatic rings. The molecule has 17 heavy (non-hydrogen) atoms. The van der Waals surface area contributed by atoms with Crippen LogP contribution in [0.25, 0.3) is 0 Å². The van der Waals surface area contributed by atoms with Gasteiger partial charge in [-0.25, -0.2) is 0 Å². The zero-order valence-corrected chi connectivity index (χ0v) is 11.0. The van der Waals surface area contributed by atoms with Gasteiger partial charge in [-0.05, 0) is 6.42 Å². The smallest absolute Gasteiger partial charge is 0.516 e. The Kier molecular flexibility index (Phi) is 10.4. The first-order chi connectivity index (χ1) is 7.84. The van der Waals surface area contributed by atoms with Crippen molar-refractivity contribution in [3.8, 4) is 5.75 Å². The molecule has 0 bridgehead atoms. The molecule has 0 atom stereocenters. The van der Waals surface area contributed by atoms with Crippen LogP contribution in [0.4, 0.5) is 4.39 Å². The summed E-state index contributed by atoms with van der Waals surface area (Å²) in [6.07, 6.45) is 7.29. The van der Waals surface area contributed by atoms with Gasteiger partial charge in [-0.15, -0.1) is 12.1 Å². The second-order valence-corrected chi connectivity index (χ2v) is 3.97. The van der Waals surface area contributed by atoms with E-state index in [4.69, 9.17) is 4.74 Å². The Bertz CT molecular complexity index is 291. The third-order valence-corrected chi connectivity index (χ3v) is 2.53. The average Bonchev–Trinajstić information content (AvgIpc) is 2.30. The molecule has 90 valence electrons. The topological polar surface area (TPSA) is 9.23 Å². The normalized spacial score (nSPS) is 9.76. The van der Waals surface area contributed by atoms with Crippen molar-refractivity contribution < 1.29 is 28.0 Å². The maximum Gasteiger partial charge on any atom is 1.00 e. The molecule has 1 nitrogen and oxygen atoms in total. The van der Waals surface area contributed by atoms with Crippen molar-refractivity contribution in [1.82, 2.24) is 0 Å². The van der Waals surface area contributed by atoms with Gasteiger partial charge in [-0.2, -0.15) is 12.1 Å². The van der Waals surface area contributed by atoms with E-state index in [1.165, 1.54) is 38.2 Å². The molecule has 0 saturated heterocycles. The van der Waals surface area contributed by atoms with Crippen LogP contribution in [0.15, 0.2) is 18.2 Å². The van der Waals surface area contributed by atoms with E-state index in [2.05, 4.69) is 13.0 Å². The van der Waals surface area contributed by atoms with Crippen LogP contribution >= 0.6 is 0 Å². The summed E-state index contributed by atoms with van der Waals surface area (Å²) in [6, 6.07) is 7.26. The van der Waals surface area contributed by atoms with E-state index in [0.717, 1.165) is 6.42 Å². The summed E-state index contributed by atoms with van der Waals surface area (Å²) in [5, 5.41) is 0. The Hall–Kier alpha value is -0.453. The van der Waals surface area contributed by atoms with E-state index < -0.39 is 0 Å². The molecule has 0 N–H and O–H groups in total. The van der Waals surface area contributed by atoms with Gasteiger partial charge in [0.05, 0.1) is 6.61 Å². The fraction of sp³-hybridized carbons (Fsp3) is 0.571. The molecular weight excluding hydrogens is 210 g/mol. The quantitative estimate of drug-likeness (QED) is 0.372. The molecule has 0 spiro atoms. The van der Waals surface area contributed by atoms with E-state index in [1.807, 2.05) is 0 Å². The van der Waals surface area contributed by atoms with Gasteiger partial charge in [-0.1, -0.05) is 39.0 Å². The summed E-state index contributed by atoms with van der Waals surface area (Å²) in [6.45, 7) is 2.81. The van der Waals surface area contributed by atoms with Crippen molar-refractivity contribution in [3.05, 3.63) is 30.1 Å². The molecule has 0 heterocycles. The summed E-state index contributed by atoms with van der Waals surface area (Å²) in [5.74, 6) is 0.0146. The zero-order valence-electron chi connectivity index (χ0n) is 11.0. The van der Waals surface area contributed by atoms with Gasteiger partial charge in [0.2, 0.25) is 0 Å². The molecule has 0 unspecified atom stereocenters. The number of hydrogen-bond donors (Lipinski definition) is 0. The SMILES string of the molecule is CCCCCCCCOc1cc[c-]cc1F.[Li+]. The summed E-state index contributed by atoms with van der Waals surface area (Å²) >= 11 is 0. The molecule has 1 aromatic carbocycles. The van der Waals surface area contributed by atoms with E-state index in [0.29, 0.717) is 12.4 Å². The number of benzene rings is 1. The molecule has 1 rings (SSSR count). The molecule has 0 fully saturated rings. The molecule has 0 aromatic heterocycles. The van der Waals surface area contributed by atoms with Crippen LogP contribution in [-0.4, -0.2) is 6.61 Å². The maximum absolute atomic E-state index is 13.1. The first-order valence-corrected chi connectivity index (χ1v) is 6.13. The molecule has 0 radical (unpaired) electrons. The van der Waals surface area contributed by atoms with E-state index in [-0.39, 0.29) is 24.7 Å². The van der Waals surface area contributed by atoms with Gasteiger partial charge in [0.15, 0.2) is 0 Å². The number of unbranched alkanes of at least 4 members (excludes halogenated alkanes) is 5. The third-order valence-electron chi connectivity index (χ3n) is 2.53. The molecule has 0 aliphatic carbocycles. The Balaban J connectivity index is 0.00000256. The zero-order chi connectivity index (χ0) is 11.6. The largest absolute Gasteiger partial charge is 1.00 e. The van der Waals surface area contributed by atoms with Crippen molar-refractivity contribution in [2.75, 3.05) is 6.61 Å². The monoisotopic (exact) mass is 230 g/mol. The van der Waals surface area contributed by atoms with Crippen molar-refractivity contribution in [2.24, 2.45) is 0 Å². The number of ether oxygens (including phenoxy) is 1. The van der Waals surface area contributed by atoms with Gasteiger partial charge in [0.1, 0.15) is 0 Å². The van der Waals surface area contributed by atoms with Crippen molar-refractivity contribution in [1.29, 1.82) is 0 Å². The van der Waals surface area contributed by atoms with Crippen LogP contribution in [0, 0.1) is 11.9 Å². The van der Waals surface area contributed by atoms with Crippen molar-refractivity contribution in [3.63, 3.8) is 0 Å². The maximum atomic E-state index is 13.1. The molecular formula is C14H20FLiO. The average molecular weight is 230 g/mol. The van der Waals surface area contributed by atoms with Crippen molar-refractivity contribution >= 4 is 0 Å². The molecule has 3 heteroatoms. The van der Waals surface area contributed by atoms with Gasteiger partial charge < -0.3 is 4.74 Å². The molecule has 0 aliphatic heterocycles. The Morgan fingerprint density at radius 2 is 1.88 bits per heavy atom. The predicted octanol–water partition coefficient (Wildman–Crippen LogP) is 1.37. The number of halogens is 1. The van der Waals surface area contributed by atoms with E-state index >= 15 is 0 Å². The summed E-state index contributed by atoms with van der Waals surface area (Å²) in [5.41, 5.74) is 0. The van der Waals surface area contributed by atoms with Crippen molar-refractivity contribution in [2.45, 2.75) is 45.4 Å². The van der Waals surface area contributed by atoms with E-state index in [9.17, 15) is 4.39 Å². The van der Waals surface area contributed by atoms with Crippen LogP contribution in [0.2, 0.25) is 0 Å². The van der Waals surface area contributed by atoms with Gasteiger partial charge in [0, 0.05) is 11.6 Å². The molecule has 0 amide bonds. The molecule has 1 aromatic rings. The van der Waals surface area contributed by atoms with E-state index in [1.54, 1.807) is 12.1 Å². The Morgan fingerprint density at radius 3 is 2.59 bits per heavy atom. The van der Waals surface area contributed by atoms with Crippen LogP contribution in [-0.2, 0) is 0 Å². The van der Waals surface area contributed by atoms with Crippen LogP contribution in [0.1, 0.15) is 45.4 Å². The second-order valence-electron chi connectivity index (χ2n) is 3.97. The number of hydrogen-bond acceptors (Lipinski definition) is 1. The summed E-state index contributed by atoms with van der Waals surface area (Å²) in [4.78, 5) is 0. The third kappa shape index (κ3) is 7.47. The van der Waals surface area contributed by atoms with Crippen LogP contribution < -0.4 is 23.6 Å². The first-order valence-electron chi connectivity index (χ1n) is 6.13. The summed E-state index contributed by atoms with van der Waals surface area (Å²) < 4.78 is 18.5. The molecule has 0 saturated carbocycles. The minimum absolute atomic E-state index is 0. The predicted molar refractivity (Wildman–Crippen MR) is 64.1 cm³/mol. The standard InChI is InChI=1S/C14H20FO.Li/c1-2-3-4-5-6-9-12-16-14-11-8-7-10-13(14)15;/h8,10-11H,2-6,9,12H2,1H3;/q-1;+1.